The van der Waals surface area contributed by atoms with Gasteiger partial charge in [-0.2, -0.15) is 10.5 Å². The third kappa shape index (κ3) is 3.97. The molecule has 0 unspecified atom stereocenters. The number of fused-ring (bicyclic) bond motifs is 2. The van der Waals surface area contributed by atoms with E-state index in [2.05, 4.69) is 30.6 Å². The summed E-state index contributed by atoms with van der Waals surface area (Å²) >= 11 is 0. The predicted octanol–water partition coefficient (Wildman–Crippen LogP) is 3.69. The summed E-state index contributed by atoms with van der Waals surface area (Å²) in [5.74, 6) is -0.212. The predicted molar refractivity (Wildman–Crippen MR) is 115 cm³/mol. The zero-order valence-electron chi connectivity index (χ0n) is 17.9. The number of hydrogen-bond acceptors (Lipinski definition) is 4. The molecule has 1 aliphatic carbocycles. The minimum Gasteiger partial charge on any atom is -0.339 e. The van der Waals surface area contributed by atoms with Crippen molar-refractivity contribution in [1.82, 2.24) is 10.6 Å². The molecule has 2 aromatic carbocycles. The van der Waals surface area contributed by atoms with E-state index in [1.54, 1.807) is 18.2 Å². The van der Waals surface area contributed by atoms with Gasteiger partial charge in [0.05, 0.1) is 17.7 Å². The quantitative estimate of drug-likeness (QED) is 0.751. The van der Waals surface area contributed by atoms with Crippen molar-refractivity contribution >= 4 is 5.91 Å². The van der Waals surface area contributed by atoms with Gasteiger partial charge in [0.25, 0.3) is 0 Å². The molecule has 1 saturated carbocycles. The van der Waals surface area contributed by atoms with Crippen LogP contribution in [0.3, 0.4) is 0 Å². The van der Waals surface area contributed by atoms with Crippen LogP contribution in [0.1, 0.15) is 31.4 Å². The number of nitrogens with zero attached hydrogens (tertiary/aromatic N) is 2. The van der Waals surface area contributed by atoms with Crippen molar-refractivity contribution in [2.75, 3.05) is 0 Å². The Bertz CT molecular complexity index is 1130. The van der Waals surface area contributed by atoms with E-state index in [0.717, 1.165) is 6.42 Å². The van der Waals surface area contributed by atoms with Crippen LogP contribution < -0.4 is 10.6 Å². The molecular formula is C25H24F2N4O. The smallest absolute Gasteiger partial charge is 0.238 e. The van der Waals surface area contributed by atoms with E-state index in [1.807, 2.05) is 0 Å². The molecule has 1 amide bonds. The van der Waals surface area contributed by atoms with Gasteiger partial charge in [-0.3, -0.25) is 4.79 Å². The second-order valence-corrected chi connectivity index (χ2v) is 8.88. The zero-order chi connectivity index (χ0) is 23.0. The standard InChI is InChI=1S/C25H24F2N4O/c1-13-14(2)23-10-20(13)24(31-23)25(32)30-19(12-29)7-17-5-3-15(8-21(17)26)16-4-6-18(11-28)22(27)9-16/h3-6,8-9,13-14,19-20,23-24,31H,7,10H2,1-2H3,(H,30,32)/t13-,14+,19+,20+,23+,24+/m1/s1. The Kier molecular flexibility index (Phi) is 5.95. The van der Waals surface area contributed by atoms with Crippen LogP contribution in [0.2, 0.25) is 0 Å². The number of nitrogens with one attached hydrogen (secondary N) is 2. The van der Waals surface area contributed by atoms with Gasteiger partial charge in [-0.25, -0.2) is 8.78 Å². The summed E-state index contributed by atoms with van der Waals surface area (Å²) in [6.07, 6.45) is 0.993. The summed E-state index contributed by atoms with van der Waals surface area (Å²) < 4.78 is 28.6. The number of hydrogen-bond donors (Lipinski definition) is 2. The lowest BCUT2D eigenvalue weighted by molar-refractivity contribution is -0.125. The van der Waals surface area contributed by atoms with Gasteiger partial charge in [0.15, 0.2) is 0 Å². The highest BCUT2D eigenvalue weighted by Gasteiger charge is 2.51. The molecule has 1 heterocycles. The Hall–Kier alpha value is -3.29. The molecule has 0 radical (unpaired) electrons. The highest BCUT2D eigenvalue weighted by atomic mass is 19.1. The van der Waals surface area contributed by atoms with Gasteiger partial charge in [-0.1, -0.05) is 32.0 Å². The molecule has 6 atom stereocenters. The molecule has 32 heavy (non-hydrogen) atoms. The number of rotatable bonds is 5. The van der Waals surface area contributed by atoms with Crippen LogP contribution in [0.5, 0.6) is 0 Å². The molecule has 164 valence electrons. The van der Waals surface area contributed by atoms with E-state index in [-0.39, 0.29) is 35.4 Å². The van der Waals surface area contributed by atoms with Gasteiger partial charge in [0.1, 0.15) is 23.7 Å². The first-order valence-electron chi connectivity index (χ1n) is 10.8. The third-order valence-corrected chi connectivity index (χ3v) is 7.14. The van der Waals surface area contributed by atoms with E-state index in [0.29, 0.717) is 29.0 Å². The number of halogens is 2. The summed E-state index contributed by atoms with van der Waals surface area (Å²) in [5, 5.41) is 24.5. The minimum atomic E-state index is -0.858. The number of amides is 1. The average Bonchev–Trinajstić information content (AvgIpc) is 3.34. The lowest BCUT2D eigenvalue weighted by Gasteiger charge is -2.32. The van der Waals surface area contributed by atoms with Gasteiger partial charge < -0.3 is 10.6 Å². The molecule has 1 saturated heterocycles. The number of carbonyl (C=O) groups is 1. The molecular weight excluding hydrogens is 410 g/mol. The van der Waals surface area contributed by atoms with E-state index < -0.39 is 17.7 Å². The number of benzene rings is 2. The molecule has 5 nitrogen and oxygen atoms in total. The highest BCUT2D eigenvalue weighted by Crippen LogP contribution is 2.44. The largest absolute Gasteiger partial charge is 0.339 e. The van der Waals surface area contributed by atoms with Crippen LogP contribution in [-0.2, 0) is 11.2 Å². The summed E-state index contributed by atoms with van der Waals surface area (Å²) in [4.78, 5) is 12.8. The monoisotopic (exact) mass is 434 g/mol. The fraction of sp³-hybridized carbons (Fsp3) is 0.400. The number of carbonyl (C=O) groups excluding carboxylic acids is 1. The summed E-state index contributed by atoms with van der Waals surface area (Å²) in [6.45, 7) is 4.35. The van der Waals surface area contributed by atoms with E-state index in [9.17, 15) is 18.8 Å². The normalized spacial score (nSPS) is 26.9. The van der Waals surface area contributed by atoms with E-state index >= 15 is 0 Å². The fourth-order valence-corrected chi connectivity index (χ4v) is 5.05. The van der Waals surface area contributed by atoms with Crippen LogP contribution in [0.15, 0.2) is 36.4 Å². The summed E-state index contributed by atoms with van der Waals surface area (Å²) in [5.41, 5.74) is 1.12. The molecule has 7 heteroatoms. The van der Waals surface area contributed by atoms with E-state index in [1.165, 1.54) is 24.3 Å². The molecule has 1 aliphatic heterocycles. The maximum atomic E-state index is 14.8. The first-order valence-corrected chi connectivity index (χ1v) is 10.8. The molecule has 2 aromatic rings. The molecule has 4 rings (SSSR count). The molecule has 2 N–H and O–H groups in total. The first kappa shape index (κ1) is 21.9. The lowest BCUT2D eigenvalue weighted by atomic mass is 9.84. The number of piperidine rings is 1. The van der Waals surface area contributed by atoms with Gasteiger partial charge in [-0.05, 0) is 59.1 Å². The van der Waals surface area contributed by atoms with Crippen LogP contribution in [0.4, 0.5) is 8.78 Å². The SMILES string of the molecule is C[C@@H]1[C@H](C)[C@@H]2C[C@@H]1[C@@H](C(=O)N[C@H](C#N)Cc1ccc(-c3ccc(C#N)c(F)c3)cc1F)N2. The van der Waals surface area contributed by atoms with Gasteiger partial charge in [0.2, 0.25) is 5.91 Å². The fourth-order valence-electron chi connectivity index (χ4n) is 5.05. The third-order valence-electron chi connectivity index (χ3n) is 7.14. The Morgan fingerprint density at radius 2 is 1.81 bits per heavy atom. The van der Waals surface area contributed by atoms with Crippen LogP contribution in [-0.4, -0.2) is 24.0 Å². The zero-order valence-corrected chi connectivity index (χ0v) is 17.9. The van der Waals surface area contributed by atoms with Gasteiger partial charge >= 0.3 is 0 Å². The van der Waals surface area contributed by atoms with Crippen molar-refractivity contribution in [2.45, 2.75) is 44.8 Å². The van der Waals surface area contributed by atoms with Crippen molar-refractivity contribution in [1.29, 1.82) is 10.5 Å². The van der Waals surface area contributed by atoms with Gasteiger partial charge in [-0.15, -0.1) is 0 Å². The van der Waals surface area contributed by atoms with Crippen LogP contribution in [0.25, 0.3) is 11.1 Å². The Balaban J connectivity index is 1.44. The molecule has 2 bridgehead atoms. The average molecular weight is 434 g/mol. The Labute approximate surface area is 186 Å². The van der Waals surface area contributed by atoms with Crippen LogP contribution >= 0.6 is 0 Å². The van der Waals surface area contributed by atoms with Crippen molar-refractivity contribution in [3.8, 4) is 23.3 Å². The van der Waals surface area contributed by atoms with Crippen molar-refractivity contribution in [2.24, 2.45) is 17.8 Å². The maximum absolute atomic E-state index is 14.8. The van der Waals surface area contributed by atoms with Gasteiger partial charge in [0, 0.05) is 12.5 Å². The topological polar surface area (TPSA) is 88.7 Å². The molecule has 0 aromatic heterocycles. The first-order chi connectivity index (χ1) is 15.3. The molecule has 0 spiro atoms. The maximum Gasteiger partial charge on any atom is 0.238 e. The van der Waals surface area contributed by atoms with Crippen molar-refractivity contribution in [3.63, 3.8) is 0 Å². The van der Waals surface area contributed by atoms with Crippen LogP contribution in [0, 0.1) is 52.1 Å². The van der Waals surface area contributed by atoms with Crippen molar-refractivity contribution in [3.05, 3.63) is 59.2 Å². The highest BCUT2D eigenvalue weighted by molar-refractivity contribution is 5.83. The Morgan fingerprint density at radius 1 is 1.12 bits per heavy atom. The molecule has 2 fully saturated rings. The lowest BCUT2D eigenvalue weighted by Crippen LogP contribution is -2.54. The Morgan fingerprint density at radius 3 is 2.38 bits per heavy atom. The van der Waals surface area contributed by atoms with E-state index in [4.69, 9.17) is 5.26 Å². The second kappa shape index (κ2) is 8.68. The second-order valence-electron chi connectivity index (χ2n) is 8.88. The molecule has 2 aliphatic rings. The minimum absolute atomic E-state index is 0.0306. The summed E-state index contributed by atoms with van der Waals surface area (Å²) in [6, 6.07) is 11.5. The summed E-state index contributed by atoms with van der Waals surface area (Å²) in [7, 11) is 0. The van der Waals surface area contributed by atoms with Crippen molar-refractivity contribution < 1.29 is 13.6 Å². The number of nitriles is 2.